The molecule has 24 heavy (non-hydrogen) atoms. The molecule has 1 aliphatic rings. The average molecular weight is 327 g/mol. The van der Waals surface area contributed by atoms with Crippen LogP contribution in [0.3, 0.4) is 0 Å². The zero-order valence-electron chi connectivity index (χ0n) is 14.4. The molecule has 4 heterocycles. The third kappa shape index (κ3) is 2.33. The number of aryl methyl sites for hydroxylation is 2. The van der Waals surface area contributed by atoms with Crippen molar-refractivity contribution in [2.45, 2.75) is 46.6 Å². The zero-order chi connectivity index (χ0) is 16.8. The third-order valence-electron chi connectivity index (χ3n) is 4.47. The molecule has 0 unspecified atom stereocenters. The van der Waals surface area contributed by atoms with Gasteiger partial charge in [0.2, 0.25) is 0 Å². The molecule has 0 aliphatic carbocycles. The minimum absolute atomic E-state index is 0.367. The Morgan fingerprint density at radius 1 is 1.04 bits per heavy atom. The van der Waals surface area contributed by atoms with Crippen LogP contribution in [0.1, 0.15) is 42.9 Å². The molecule has 0 radical (unpaired) electrons. The van der Waals surface area contributed by atoms with Gasteiger partial charge in [-0.15, -0.1) is 10.2 Å². The Labute approximate surface area is 139 Å². The van der Waals surface area contributed by atoms with Crippen LogP contribution in [-0.4, -0.2) is 43.0 Å². The smallest absolute Gasteiger partial charge is 0.263 e. The van der Waals surface area contributed by atoms with E-state index in [0.717, 1.165) is 54.6 Å². The Morgan fingerprint density at radius 3 is 2.67 bits per heavy atom. The highest BCUT2D eigenvalue weighted by Gasteiger charge is 2.24. The van der Waals surface area contributed by atoms with Gasteiger partial charge in [0.15, 0.2) is 0 Å². The van der Waals surface area contributed by atoms with Crippen molar-refractivity contribution < 1.29 is 4.52 Å². The maximum absolute atomic E-state index is 5.33. The van der Waals surface area contributed by atoms with Crippen molar-refractivity contribution in [3.63, 3.8) is 0 Å². The van der Waals surface area contributed by atoms with Gasteiger partial charge in [0.1, 0.15) is 28.7 Å². The molecular formula is C16H21N7O. The minimum atomic E-state index is 0.367. The molecule has 8 nitrogen and oxygen atoms in total. The molecule has 8 heteroatoms. The van der Waals surface area contributed by atoms with E-state index >= 15 is 0 Å². The van der Waals surface area contributed by atoms with Gasteiger partial charge in [-0.25, -0.2) is 4.98 Å². The minimum Gasteiger partial charge on any atom is -0.354 e. The van der Waals surface area contributed by atoms with Crippen LogP contribution in [0.2, 0.25) is 0 Å². The van der Waals surface area contributed by atoms with Crippen LogP contribution in [-0.2, 0) is 13.0 Å². The quantitative estimate of drug-likeness (QED) is 0.711. The van der Waals surface area contributed by atoms with E-state index in [4.69, 9.17) is 4.52 Å². The van der Waals surface area contributed by atoms with Gasteiger partial charge in [-0.05, 0) is 13.8 Å². The fraction of sp³-hybridized carbons (Fsp3) is 0.562. The van der Waals surface area contributed by atoms with E-state index in [9.17, 15) is 0 Å². The summed E-state index contributed by atoms with van der Waals surface area (Å²) in [6, 6.07) is 0. The summed E-state index contributed by atoms with van der Waals surface area (Å²) in [7, 11) is 0. The van der Waals surface area contributed by atoms with Crippen molar-refractivity contribution >= 4 is 16.9 Å². The van der Waals surface area contributed by atoms with E-state index in [1.165, 1.54) is 0 Å². The van der Waals surface area contributed by atoms with Crippen molar-refractivity contribution in [1.29, 1.82) is 0 Å². The summed E-state index contributed by atoms with van der Waals surface area (Å²) < 4.78 is 7.58. The second-order valence-corrected chi connectivity index (χ2v) is 6.56. The van der Waals surface area contributed by atoms with Crippen LogP contribution in [0.4, 0.5) is 5.82 Å². The first kappa shape index (κ1) is 15.0. The monoisotopic (exact) mass is 327 g/mol. The lowest BCUT2D eigenvalue weighted by Gasteiger charge is -2.22. The highest BCUT2D eigenvalue weighted by Crippen LogP contribution is 2.28. The first-order valence-electron chi connectivity index (χ1n) is 8.32. The second kappa shape index (κ2) is 5.54. The predicted octanol–water partition coefficient (Wildman–Crippen LogP) is 2.01. The maximum atomic E-state index is 5.33. The van der Waals surface area contributed by atoms with Gasteiger partial charge in [-0.2, -0.15) is 4.98 Å². The number of fused-ring (bicyclic) bond motifs is 2. The Hall–Kier alpha value is -2.51. The fourth-order valence-electron chi connectivity index (χ4n) is 3.29. The van der Waals surface area contributed by atoms with Crippen LogP contribution in [0.15, 0.2) is 4.52 Å². The molecule has 126 valence electrons. The summed E-state index contributed by atoms with van der Waals surface area (Å²) in [6.07, 6.45) is 0.842. The first-order valence-corrected chi connectivity index (χ1v) is 8.32. The molecule has 0 spiro atoms. The third-order valence-corrected chi connectivity index (χ3v) is 4.47. The molecular weight excluding hydrogens is 306 g/mol. The lowest BCUT2D eigenvalue weighted by Crippen LogP contribution is -2.28. The van der Waals surface area contributed by atoms with Crippen LogP contribution in [0.5, 0.6) is 0 Å². The molecule has 0 atom stereocenters. The zero-order valence-corrected chi connectivity index (χ0v) is 14.4. The predicted molar refractivity (Wildman–Crippen MR) is 89.1 cm³/mol. The van der Waals surface area contributed by atoms with Gasteiger partial charge >= 0.3 is 0 Å². The Balaban J connectivity index is 1.71. The molecule has 0 saturated carbocycles. The van der Waals surface area contributed by atoms with Crippen molar-refractivity contribution in [3.05, 3.63) is 23.2 Å². The summed E-state index contributed by atoms with van der Waals surface area (Å²) in [5.74, 6) is 4.06. The van der Waals surface area contributed by atoms with E-state index in [0.29, 0.717) is 17.5 Å². The molecule has 0 bridgehead atoms. The first-order chi connectivity index (χ1) is 11.5. The highest BCUT2D eigenvalue weighted by molar-refractivity contribution is 5.88. The molecule has 0 amide bonds. The Morgan fingerprint density at radius 2 is 1.88 bits per heavy atom. The van der Waals surface area contributed by atoms with E-state index in [1.807, 2.05) is 13.8 Å². The maximum Gasteiger partial charge on any atom is 0.263 e. The van der Waals surface area contributed by atoms with Gasteiger partial charge < -0.3 is 14.0 Å². The number of hydrogen-bond acceptors (Lipinski definition) is 7. The van der Waals surface area contributed by atoms with E-state index in [2.05, 4.69) is 48.6 Å². The molecule has 0 fully saturated rings. The summed E-state index contributed by atoms with van der Waals surface area (Å²) in [5, 5.41) is 13.7. The Bertz CT molecular complexity index is 895. The molecule has 0 N–H and O–H groups in total. The molecule has 1 aliphatic heterocycles. The number of aromatic nitrogens is 6. The summed E-state index contributed by atoms with van der Waals surface area (Å²) in [5.41, 5.74) is 1.38. The summed E-state index contributed by atoms with van der Waals surface area (Å²) in [4.78, 5) is 11.3. The van der Waals surface area contributed by atoms with Crippen LogP contribution in [0, 0.1) is 13.8 Å². The van der Waals surface area contributed by atoms with E-state index in [-0.39, 0.29) is 0 Å². The number of hydrogen-bond donors (Lipinski definition) is 0. The summed E-state index contributed by atoms with van der Waals surface area (Å²) >= 11 is 0. The van der Waals surface area contributed by atoms with E-state index in [1.54, 1.807) is 0 Å². The van der Waals surface area contributed by atoms with E-state index < -0.39 is 0 Å². The fourth-order valence-corrected chi connectivity index (χ4v) is 3.29. The van der Waals surface area contributed by atoms with Gasteiger partial charge in [-0.1, -0.05) is 19.0 Å². The van der Waals surface area contributed by atoms with Gasteiger partial charge in [-0.3, -0.25) is 0 Å². The van der Waals surface area contributed by atoms with Crippen molar-refractivity contribution in [2.75, 3.05) is 18.0 Å². The van der Waals surface area contributed by atoms with Gasteiger partial charge in [0.05, 0.1) is 5.69 Å². The average Bonchev–Trinajstić information content (AvgIpc) is 3.05. The van der Waals surface area contributed by atoms with Crippen LogP contribution >= 0.6 is 0 Å². The number of rotatable bonds is 2. The number of nitrogens with zero attached hydrogens (tertiary/aromatic N) is 7. The second-order valence-electron chi connectivity index (χ2n) is 6.56. The normalized spacial score (nSPS) is 15.1. The summed E-state index contributed by atoms with van der Waals surface area (Å²) in [6.45, 7) is 10.6. The topological polar surface area (TPSA) is 85.8 Å². The molecule has 3 aromatic heterocycles. The molecule has 0 saturated heterocycles. The van der Waals surface area contributed by atoms with Crippen LogP contribution in [0.25, 0.3) is 11.1 Å². The van der Waals surface area contributed by atoms with Crippen molar-refractivity contribution in [2.24, 2.45) is 0 Å². The highest BCUT2D eigenvalue weighted by atomic mass is 16.5. The van der Waals surface area contributed by atoms with Crippen molar-refractivity contribution in [1.82, 2.24) is 29.9 Å². The lowest BCUT2D eigenvalue weighted by atomic mass is 10.2. The van der Waals surface area contributed by atoms with Crippen molar-refractivity contribution in [3.8, 4) is 0 Å². The molecule has 4 rings (SSSR count). The molecule has 0 aromatic carbocycles. The number of anilines is 1. The van der Waals surface area contributed by atoms with Crippen LogP contribution < -0.4 is 4.90 Å². The standard InChI is InChI=1S/C16H21N7O/c1-9(2)14-20-19-12-5-6-22(7-8-23(12)14)15-13-10(3)21-24-16(13)18-11(4)17-15/h9H,5-8H2,1-4H3. The SMILES string of the molecule is Cc1nc(N2CCc3nnc(C(C)C)n3CC2)c2c(C)noc2n1. The Kier molecular flexibility index (Phi) is 3.47. The molecule has 3 aromatic rings. The lowest BCUT2D eigenvalue weighted by molar-refractivity contribution is 0.442. The largest absolute Gasteiger partial charge is 0.354 e. The van der Waals surface area contributed by atoms with Gasteiger partial charge in [0, 0.05) is 32.0 Å². The van der Waals surface area contributed by atoms with Gasteiger partial charge in [0.25, 0.3) is 5.71 Å².